The van der Waals surface area contributed by atoms with Crippen molar-refractivity contribution >= 4 is 34.7 Å². The molecule has 0 aliphatic heterocycles. The molecule has 174 valence electrons. The number of rotatable bonds is 8. The predicted octanol–water partition coefficient (Wildman–Crippen LogP) is 6.44. The van der Waals surface area contributed by atoms with Gasteiger partial charge in [0.1, 0.15) is 21.5 Å². The molecule has 0 fully saturated rings. The molecular formula is C26H26N4O2S2. The number of carbonyl (C=O) groups is 1. The first-order valence-corrected chi connectivity index (χ1v) is 12.7. The van der Waals surface area contributed by atoms with E-state index >= 15 is 0 Å². The normalized spacial score (nSPS) is 11.0. The number of methoxy groups -OCH3 is 1. The van der Waals surface area contributed by atoms with Crippen LogP contribution >= 0.6 is 23.1 Å². The minimum absolute atomic E-state index is 0.0746. The van der Waals surface area contributed by atoms with Gasteiger partial charge in [0.05, 0.1) is 23.4 Å². The van der Waals surface area contributed by atoms with E-state index in [0.717, 1.165) is 38.3 Å². The van der Waals surface area contributed by atoms with Gasteiger partial charge in [-0.05, 0) is 54.8 Å². The fourth-order valence-corrected chi connectivity index (χ4v) is 4.96. The van der Waals surface area contributed by atoms with E-state index < -0.39 is 0 Å². The van der Waals surface area contributed by atoms with Crippen LogP contribution in [0.2, 0.25) is 0 Å². The molecular weight excluding hydrogens is 464 g/mol. The fraction of sp³-hybridized carbons (Fsp3) is 0.231. The number of carbonyl (C=O) groups excluding carboxylic acids is 1. The number of thioether (sulfide) groups is 1. The number of benzene rings is 2. The Kier molecular flexibility index (Phi) is 7.59. The van der Waals surface area contributed by atoms with Gasteiger partial charge < -0.3 is 10.1 Å². The Morgan fingerprint density at radius 2 is 1.88 bits per heavy atom. The number of hydrogen-bond donors (Lipinski definition) is 1. The molecule has 2 aromatic carbocycles. The molecule has 0 unspecified atom stereocenters. The van der Waals surface area contributed by atoms with Crippen molar-refractivity contribution in [3.63, 3.8) is 0 Å². The number of thiazole rings is 1. The highest BCUT2D eigenvalue weighted by Gasteiger charge is 2.14. The molecule has 2 heterocycles. The van der Waals surface area contributed by atoms with Crippen LogP contribution in [0, 0.1) is 6.92 Å². The lowest BCUT2D eigenvalue weighted by Gasteiger charge is -2.08. The van der Waals surface area contributed by atoms with Crippen LogP contribution < -0.4 is 10.1 Å². The molecule has 0 saturated carbocycles. The molecule has 0 atom stereocenters. The zero-order valence-electron chi connectivity index (χ0n) is 19.5. The van der Waals surface area contributed by atoms with Gasteiger partial charge in [0, 0.05) is 11.3 Å². The molecule has 2 aromatic heterocycles. The number of amides is 1. The Morgan fingerprint density at radius 3 is 2.56 bits per heavy atom. The summed E-state index contributed by atoms with van der Waals surface area (Å²) in [5.74, 6) is 1.45. The van der Waals surface area contributed by atoms with Crippen molar-refractivity contribution in [2.45, 2.75) is 31.7 Å². The van der Waals surface area contributed by atoms with Gasteiger partial charge in [0.25, 0.3) is 0 Å². The van der Waals surface area contributed by atoms with Gasteiger partial charge in [-0.15, -0.1) is 21.5 Å². The summed E-state index contributed by atoms with van der Waals surface area (Å²) in [5, 5.41) is 13.2. The molecule has 0 bridgehead atoms. The van der Waals surface area contributed by atoms with Crippen LogP contribution in [0.25, 0.3) is 21.1 Å². The number of nitrogens with one attached hydrogen (secondary N) is 1. The Morgan fingerprint density at radius 1 is 1.09 bits per heavy atom. The topological polar surface area (TPSA) is 77.0 Å². The lowest BCUT2D eigenvalue weighted by molar-refractivity contribution is -0.113. The van der Waals surface area contributed by atoms with Gasteiger partial charge in [-0.2, -0.15) is 0 Å². The maximum absolute atomic E-state index is 12.3. The number of anilines is 1. The second kappa shape index (κ2) is 10.8. The van der Waals surface area contributed by atoms with Crippen LogP contribution in [0.5, 0.6) is 5.75 Å². The molecule has 4 aromatic rings. The van der Waals surface area contributed by atoms with Gasteiger partial charge in [-0.25, -0.2) is 4.98 Å². The quantitative estimate of drug-likeness (QED) is 0.287. The van der Waals surface area contributed by atoms with Crippen molar-refractivity contribution in [2.24, 2.45) is 0 Å². The maximum atomic E-state index is 12.3. The van der Waals surface area contributed by atoms with Crippen molar-refractivity contribution < 1.29 is 9.53 Å². The predicted molar refractivity (Wildman–Crippen MR) is 140 cm³/mol. The zero-order chi connectivity index (χ0) is 24.1. The maximum Gasteiger partial charge on any atom is 0.234 e. The monoisotopic (exact) mass is 490 g/mol. The third kappa shape index (κ3) is 5.81. The van der Waals surface area contributed by atoms with Crippen molar-refractivity contribution in [1.29, 1.82) is 0 Å². The van der Waals surface area contributed by atoms with Crippen LogP contribution in [0.1, 0.15) is 31.0 Å². The lowest BCUT2D eigenvalue weighted by atomic mass is 10.0. The molecule has 34 heavy (non-hydrogen) atoms. The third-order valence-corrected chi connectivity index (χ3v) is 7.35. The van der Waals surface area contributed by atoms with Crippen LogP contribution in [-0.2, 0) is 4.79 Å². The molecule has 0 aliphatic carbocycles. The molecule has 4 rings (SSSR count). The highest BCUT2D eigenvalue weighted by Crippen LogP contribution is 2.35. The number of ether oxygens (including phenoxy) is 1. The van der Waals surface area contributed by atoms with Crippen molar-refractivity contribution in [3.05, 3.63) is 71.9 Å². The molecule has 6 nitrogen and oxygen atoms in total. The second-order valence-corrected chi connectivity index (χ2v) is 10.0. The Hall–Kier alpha value is -3.23. The van der Waals surface area contributed by atoms with Crippen molar-refractivity contribution in [1.82, 2.24) is 15.2 Å². The standard InChI is InChI=1S/C26H26N4O2S2/c1-16(2)18-8-10-20(11-9-18)28-23(31)15-33-24-13-12-22(29-30-24)25-17(3)27-26(34-25)19-6-5-7-21(14-19)32-4/h5-14,16H,15H2,1-4H3,(H,28,31). The molecule has 0 radical (unpaired) electrons. The summed E-state index contributed by atoms with van der Waals surface area (Å²) in [4.78, 5) is 18.0. The summed E-state index contributed by atoms with van der Waals surface area (Å²) < 4.78 is 5.32. The highest BCUT2D eigenvalue weighted by molar-refractivity contribution is 7.99. The molecule has 0 saturated heterocycles. The van der Waals surface area contributed by atoms with E-state index in [2.05, 4.69) is 29.4 Å². The highest BCUT2D eigenvalue weighted by atomic mass is 32.2. The van der Waals surface area contributed by atoms with Gasteiger partial charge in [0.2, 0.25) is 5.91 Å². The van der Waals surface area contributed by atoms with E-state index in [-0.39, 0.29) is 11.7 Å². The Bertz CT molecular complexity index is 1270. The number of aromatic nitrogens is 3. The first-order chi connectivity index (χ1) is 16.4. The van der Waals surface area contributed by atoms with E-state index in [0.29, 0.717) is 10.9 Å². The average molecular weight is 491 g/mol. The van der Waals surface area contributed by atoms with Gasteiger partial charge in [-0.1, -0.05) is 49.9 Å². The minimum Gasteiger partial charge on any atom is -0.497 e. The summed E-state index contributed by atoms with van der Waals surface area (Å²) >= 11 is 2.93. The summed E-state index contributed by atoms with van der Waals surface area (Å²) in [6, 6.07) is 19.6. The Labute approximate surface area is 207 Å². The smallest absolute Gasteiger partial charge is 0.234 e. The average Bonchev–Trinajstić information content (AvgIpc) is 3.25. The van der Waals surface area contributed by atoms with E-state index in [1.165, 1.54) is 17.3 Å². The summed E-state index contributed by atoms with van der Waals surface area (Å²) in [6.45, 7) is 6.26. The summed E-state index contributed by atoms with van der Waals surface area (Å²) in [5.41, 5.74) is 4.71. The molecule has 8 heteroatoms. The molecule has 1 amide bonds. The second-order valence-electron chi connectivity index (χ2n) is 8.04. The molecule has 1 N–H and O–H groups in total. The van der Waals surface area contributed by atoms with Crippen LogP contribution in [0.3, 0.4) is 0 Å². The SMILES string of the molecule is COc1cccc(-c2nc(C)c(-c3ccc(SCC(=O)Nc4ccc(C(C)C)cc4)nn3)s2)c1. The summed E-state index contributed by atoms with van der Waals surface area (Å²) in [6.07, 6.45) is 0. The zero-order valence-corrected chi connectivity index (χ0v) is 21.2. The van der Waals surface area contributed by atoms with Crippen molar-refractivity contribution in [3.8, 4) is 26.9 Å². The van der Waals surface area contributed by atoms with E-state index in [1.807, 2.05) is 67.6 Å². The van der Waals surface area contributed by atoms with E-state index in [9.17, 15) is 4.79 Å². The molecule has 0 spiro atoms. The van der Waals surface area contributed by atoms with Crippen LogP contribution in [-0.4, -0.2) is 34.0 Å². The third-order valence-electron chi connectivity index (χ3n) is 5.20. The van der Waals surface area contributed by atoms with Gasteiger partial charge in [-0.3, -0.25) is 4.79 Å². The van der Waals surface area contributed by atoms with E-state index in [4.69, 9.17) is 9.72 Å². The fourth-order valence-electron chi connectivity index (χ4n) is 3.32. The number of aryl methyl sites for hydroxylation is 1. The van der Waals surface area contributed by atoms with Crippen LogP contribution in [0.15, 0.2) is 65.7 Å². The van der Waals surface area contributed by atoms with Crippen molar-refractivity contribution in [2.75, 3.05) is 18.2 Å². The summed E-state index contributed by atoms with van der Waals surface area (Å²) in [7, 11) is 1.65. The first kappa shape index (κ1) is 23.9. The van der Waals surface area contributed by atoms with Crippen LogP contribution in [0.4, 0.5) is 5.69 Å². The van der Waals surface area contributed by atoms with Gasteiger partial charge in [0.15, 0.2) is 0 Å². The number of hydrogen-bond acceptors (Lipinski definition) is 7. The van der Waals surface area contributed by atoms with E-state index in [1.54, 1.807) is 18.4 Å². The lowest BCUT2D eigenvalue weighted by Crippen LogP contribution is -2.14. The van der Waals surface area contributed by atoms with Gasteiger partial charge >= 0.3 is 0 Å². The largest absolute Gasteiger partial charge is 0.497 e. The minimum atomic E-state index is -0.0746. The number of nitrogens with zero attached hydrogens (tertiary/aromatic N) is 3. The molecule has 0 aliphatic rings. The Balaban J connectivity index is 1.37. The first-order valence-electron chi connectivity index (χ1n) is 10.9.